The van der Waals surface area contributed by atoms with E-state index in [1.807, 2.05) is 0 Å². The average Bonchev–Trinajstić information content (AvgIpc) is 2.51. The fourth-order valence-corrected chi connectivity index (χ4v) is 2.68. The van der Waals surface area contributed by atoms with Gasteiger partial charge in [-0.25, -0.2) is 13.6 Å². The number of carbonyl (C=O) groups excluding carboxylic acids is 1. The third-order valence-corrected chi connectivity index (χ3v) is 3.85. The molecule has 1 aromatic carbocycles. The van der Waals surface area contributed by atoms with Gasteiger partial charge in [0.2, 0.25) is 5.91 Å². The fraction of sp³-hybridized carbons (Fsp3) is 0.467. The fourth-order valence-electron chi connectivity index (χ4n) is 2.68. The Bertz CT molecular complexity index is 572. The Balaban J connectivity index is 2.22. The number of piperidine rings is 1. The summed E-state index contributed by atoms with van der Waals surface area (Å²) in [4.78, 5) is 25.9. The zero-order valence-electron chi connectivity index (χ0n) is 12.3. The van der Waals surface area contributed by atoms with Gasteiger partial charge in [0, 0.05) is 37.3 Å². The summed E-state index contributed by atoms with van der Waals surface area (Å²) in [5.41, 5.74) is 0.305. The molecule has 0 aromatic heterocycles. The highest BCUT2D eigenvalue weighted by molar-refractivity contribution is 5.93. The Morgan fingerprint density at radius 3 is 2.41 bits per heavy atom. The standard InChI is InChI=1S/C15H18F2N2O3/c1-2-14(20)19(11-3-4-12(16)13(17)9-11)10-5-7-18(8-6-10)15(21)22/h3-4,9-10H,2,5-8H2,1H3,(H,21,22). The maximum atomic E-state index is 13.4. The molecule has 1 heterocycles. The van der Waals surface area contributed by atoms with E-state index in [4.69, 9.17) is 5.11 Å². The van der Waals surface area contributed by atoms with Crippen LogP contribution in [-0.2, 0) is 4.79 Å². The molecular formula is C15H18F2N2O3. The molecule has 1 fully saturated rings. The van der Waals surface area contributed by atoms with Crippen molar-refractivity contribution in [2.45, 2.75) is 32.2 Å². The van der Waals surface area contributed by atoms with Gasteiger partial charge in [-0.3, -0.25) is 4.79 Å². The summed E-state index contributed by atoms with van der Waals surface area (Å²) in [6.45, 7) is 2.33. The zero-order chi connectivity index (χ0) is 16.3. The second kappa shape index (κ2) is 6.72. The minimum absolute atomic E-state index is 0.195. The highest BCUT2D eigenvalue weighted by Crippen LogP contribution is 2.26. The third kappa shape index (κ3) is 3.35. The molecular weight excluding hydrogens is 294 g/mol. The van der Waals surface area contributed by atoms with Crippen LogP contribution in [0.25, 0.3) is 0 Å². The molecule has 0 aliphatic carbocycles. The summed E-state index contributed by atoms with van der Waals surface area (Å²) in [6.07, 6.45) is 0.186. The minimum atomic E-state index is -1.01. The molecule has 0 unspecified atom stereocenters. The van der Waals surface area contributed by atoms with Gasteiger partial charge >= 0.3 is 6.09 Å². The summed E-state index contributed by atoms with van der Waals surface area (Å²) < 4.78 is 26.5. The first kappa shape index (κ1) is 16.2. The molecule has 1 saturated heterocycles. The first-order valence-corrected chi connectivity index (χ1v) is 7.19. The summed E-state index contributed by atoms with van der Waals surface area (Å²) in [6, 6.07) is 3.16. The Kier molecular flexibility index (Phi) is 4.95. The molecule has 1 aliphatic heterocycles. The van der Waals surface area contributed by atoms with Crippen LogP contribution in [0.5, 0.6) is 0 Å². The largest absolute Gasteiger partial charge is 0.465 e. The Labute approximate surface area is 127 Å². The molecule has 120 valence electrons. The van der Waals surface area contributed by atoms with Gasteiger partial charge in [0.25, 0.3) is 0 Å². The molecule has 7 heteroatoms. The van der Waals surface area contributed by atoms with E-state index in [0.29, 0.717) is 31.6 Å². The van der Waals surface area contributed by atoms with Crippen molar-refractivity contribution in [2.24, 2.45) is 0 Å². The van der Waals surface area contributed by atoms with Crippen molar-refractivity contribution in [3.8, 4) is 0 Å². The third-order valence-electron chi connectivity index (χ3n) is 3.85. The van der Waals surface area contributed by atoms with E-state index < -0.39 is 17.7 Å². The van der Waals surface area contributed by atoms with Gasteiger partial charge in [-0.05, 0) is 25.0 Å². The summed E-state index contributed by atoms with van der Waals surface area (Å²) in [5.74, 6) is -2.16. The van der Waals surface area contributed by atoms with Crippen molar-refractivity contribution in [2.75, 3.05) is 18.0 Å². The van der Waals surface area contributed by atoms with E-state index in [9.17, 15) is 18.4 Å². The van der Waals surface area contributed by atoms with Gasteiger partial charge < -0.3 is 14.9 Å². The average molecular weight is 312 g/mol. The van der Waals surface area contributed by atoms with Crippen LogP contribution in [0.15, 0.2) is 18.2 Å². The minimum Gasteiger partial charge on any atom is -0.465 e. The molecule has 0 radical (unpaired) electrons. The number of rotatable bonds is 3. The lowest BCUT2D eigenvalue weighted by atomic mass is 10.0. The smallest absolute Gasteiger partial charge is 0.407 e. The molecule has 22 heavy (non-hydrogen) atoms. The van der Waals surface area contributed by atoms with Crippen LogP contribution in [0, 0.1) is 11.6 Å². The van der Waals surface area contributed by atoms with Crippen molar-refractivity contribution < 1.29 is 23.5 Å². The molecule has 0 bridgehead atoms. The van der Waals surface area contributed by atoms with E-state index in [2.05, 4.69) is 0 Å². The van der Waals surface area contributed by atoms with Crippen LogP contribution in [0.1, 0.15) is 26.2 Å². The van der Waals surface area contributed by atoms with E-state index in [0.717, 1.165) is 12.1 Å². The van der Waals surface area contributed by atoms with E-state index in [1.165, 1.54) is 15.9 Å². The number of benzene rings is 1. The first-order valence-electron chi connectivity index (χ1n) is 7.19. The molecule has 1 aromatic rings. The lowest BCUT2D eigenvalue weighted by Gasteiger charge is -2.37. The van der Waals surface area contributed by atoms with E-state index >= 15 is 0 Å². The summed E-state index contributed by atoms with van der Waals surface area (Å²) in [7, 11) is 0. The highest BCUT2D eigenvalue weighted by Gasteiger charge is 2.30. The van der Waals surface area contributed by atoms with Crippen LogP contribution >= 0.6 is 0 Å². The van der Waals surface area contributed by atoms with Gasteiger partial charge in [0.05, 0.1) is 0 Å². The lowest BCUT2D eigenvalue weighted by Crippen LogP contribution is -2.48. The number of carboxylic acid groups (broad SMARTS) is 1. The van der Waals surface area contributed by atoms with Gasteiger partial charge in [-0.2, -0.15) is 0 Å². The van der Waals surface area contributed by atoms with Gasteiger partial charge in [0.1, 0.15) is 0 Å². The predicted octanol–water partition coefficient (Wildman–Crippen LogP) is 2.85. The monoisotopic (exact) mass is 312 g/mol. The number of halogens is 2. The SMILES string of the molecule is CCC(=O)N(c1ccc(F)c(F)c1)C1CCN(C(=O)O)CC1. The summed E-state index contributed by atoms with van der Waals surface area (Å²) >= 11 is 0. The highest BCUT2D eigenvalue weighted by atomic mass is 19.2. The molecule has 1 N–H and O–H groups in total. The second-order valence-corrected chi connectivity index (χ2v) is 5.22. The van der Waals surface area contributed by atoms with Crippen LogP contribution < -0.4 is 4.90 Å². The van der Waals surface area contributed by atoms with Gasteiger partial charge in [0.15, 0.2) is 11.6 Å². The van der Waals surface area contributed by atoms with Gasteiger partial charge in [-0.1, -0.05) is 6.92 Å². The van der Waals surface area contributed by atoms with Crippen LogP contribution in [0.2, 0.25) is 0 Å². The molecule has 2 rings (SSSR count). The van der Waals surface area contributed by atoms with Crippen LogP contribution in [0.4, 0.5) is 19.3 Å². The lowest BCUT2D eigenvalue weighted by molar-refractivity contribution is -0.119. The molecule has 2 amide bonds. The molecule has 1 aliphatic rings. The Morgan fingerprint density at radius 2 is 1.91 bits per heavy atom. The van der Waals surface area contributed by atoms with E-state index in [-0.39, 0.29) is 18.4 Å². The van der Waals surface area contributed by atoms with Crippen molar-refractivity contribution in [3.63, 3.8) is 0 Å². The second-order valence-electron chi connectivity index (χ2n) is 5.22. The Morgan fingerprint density at radius 1 is 1.27 bits per heavy atom. The maximum Gasteiger partial charge on any atom is 0.407 e. The number of anilines is 1. The Hall–Kier alpha value is -2.18. The predicted molar refractivity (Wildman–Crippen MR) is 76.8 cm³/mol. The number of likely N-dealkylation sites (tertiary alicyclic amines) is 1. The zero-order valence-corrected chi connectivity index (χ0v) is 12.3. The van der Waals surface area contributed by atoms with Crippen molar-refractivity contribution in [3.05, 3.63) is 29.8 Å². The van der Waals surface area contributed by atoms with E-state index in [1.54, 1.807) is 6.92 Å². The van der Waals surface area contributed by atoms with Gasteiger partial charge in [-0.15, -0.1) is 0 Å². The molecule has 0 atom stereocenters. The van der Waals surface area contributed by atoms with Crippen molar-refractivity contribution in [1.29, 1.82) is 0 Å². The number of amides is 2. The van der Waals surface area contributed by atoms with Crippen molar-refractivity contribution >= 4 is 17.7 Å². The summed E-state index contributed by atoms with van der Waals surface area (Å²) in [5, 5.41) is 8.96. The first-order chi connectivity index (χ1) is 10.4. The van der Waals surface area contributed by atoms with Crippen LogP contribution in [0.3, 0.4) is 0 Å². The number of nitrogens with zero attached hydrogens (tertiary/aromatic N) is 2. The maximum absolute atomic E-state index is 13.4. The topological polar surface area (TPSA) is 60.9 Å². The normalized spacial score (nSPS) is 15.7. The molecule has 5 nitrogen and oxygen atoms in total. The number of hydrogen-bond donors (Lipinski definition) is 1. The molecule has 0 spiro atoms. The van der Waals surface area contributed by atoms with Crippen LogP contribution in [-0.4, -0.2) is 41.1 Å². The molecule has 0 saturated carbocycles. The van der Waals surface area contributed by atoms with Crippen molar-refractivity contribution in [1.82, 2.24) is 4.90 Å². The quantitative estimate of drug-likeness (QED) is 0.933. The number of carbonyl (C=O) groups is 2. The number of hydrogen-bond acceptors (Lipinski definition) is 2.